The van der Waals surface area contributed by atoms with E-state index in [9.17, 15) is 9.18 Å². The van der Waals surface area contributed by atoms with Crippen molar-refractivity contribution in [2.45, 2.75) is 13.3 Å². The molecule has 2 aliphatic rings. The topological polar surface area (TPSA) is 58.1 Å². The van der Waals surface area contributed by atoms with E-state index < -0.39 is 5.82 Å². The molecule has 0 amide bonds. The van der Waals surface area contributed by atoms with Crippen LogP contribution in [0.2, 0.25) is 5.02 Å². The number of benzene rings is 2. The molecule has 1 saturated carbocycles. The number of hydrogen-bond acceptors (Lipinski definition) is 5. The maximum atomic E-state index is 14.5. The normalized spacial score (nSPS) is 20.6. The monoisotopic (exact) mass is 472 g/mol. The van der Waals surface area contributed by atoms with Gasteiger partial charge in [0.25, 0.3) is 0 Å². The van der Waals surface area contributed by atoms with Gasteiger partial charge < -0.3 is 10.2 Å². The highest BCUT2D eigenvalue weighted by Crippen LogP contribution is 2.50. The van der Waals surface area contributed by atoms with Crippen LogP contribution in [-0.2, 0) is 11.2 Å². The van der Waals surface area contributed by atoms with E-state index in [1.165, 1.54) is 12.4 Å². The zero-order chi connectivity index (χ0) is 23.8. The van der Waals surface area contributed by atoms with Crippen molar-refractivity contribution in [2.24, 2.45) is 17.8 Å². The average Bonchev–Trinajstić information content (AvgIpc) is 3.27. The minimum atomic E-state index is -0.562. The SMILES string of the molecule is CC#CC(=O)Cc1cc2c(Nc3cccc(Cl)c3F)ncnc2cc1C#CC1[C@H]2CN(C)C[C@@H]12. The Hall–Kier alpha value is -3.45. The van der Waals surface area contributed by atoms with Crippen molar-refractivity contribution in [1.82, 2.24) is 14.9 Å². The highest BCUT2D eigenvalue weighted by atomic mass is 35.5. The van der Waals surface area contributed by atoms with Crippen molar-refractivity contribution in [3.8, 4) is 23.7 Å². The Morgan fingerprint density at radius 2 is 2.06 bits per heavy atom. The second kappa shape index (κ2) is 9.06. The number of anilines is 2. The van der Waals surface area contributed by atoms with Crippen LogP contribution in [0.15, 0.2) is 36.7 Å². The van der Waals surface area contributed by atoms with Crippen molar-refractivity contribution >= 4 is 39.8 Å². The molecule has 1 unspecified atom stereocenters. The van der Waals surface area contributed by atoms with Crippen molar-refractivity contribution < 1.29 is 9.18 Å². The van der Waals surface area contributed by atoms with Crippen LogP contribution < -0.4 is 5.32 Å². The molecule has 1 aromatic heterocycles. The Balaban J connectivity index is 1.53. The van der Waals surface area contributed by atoms with Gasteiger partial charge in [0.15, 0.2) is 5.82 Å². The summed E-state index contributed by atoms with van der Waals surface area (Å²) < 4.78 is 14.5. The molecule has 2 heterocycles. The molecule has 1 aliphatic carbocycles. The van der Waals surface area contributed by atoms with E-state index in [-0.39, 0.29) is 22.9 Å². The lowest BCUT2D eigenvalue weighted by Gasteiger charge is -2.12. The third-order valence-corrected chi connectivity index (χ3v) is 6.72. The second-order valence-electron chi connectivity index (χ2n) is 8.79. The van der Waals surface area contributed by atoms with Crippen LogP contribution in [0.1, 0.15) is 18.1 Å². The number of Topliss-reactive ketones (excluding diaryl/α,β-unsaturated/α-hetero) is 1. The summed E-state index contributed by atoms with van der Waals surface area (Å²) in [4.78, 5) is 23.4. The van der Waals surface area contributed by atoms with Crippen LogP contribution in [0.25, 0.3) is 10.9 Å². The zero-order valence-corrected chi connectivity index (χ0v) is 19.6. The highest BCUT2D eigenvalue weighted by Gasteiger charge is 2.53. The van der Waals surface area contributed by atoms with Crippen LogP contribution in [0.3, 0.4) is 0 Å². The molecule has 0 radical (unpaired) electrons. The maximum absolute atomic E-state index is 14.5. The predicted molar refractivity (Wildman–Crippen MR) is 131 cm³/mol. The van der Waals surface area contributed by atoms with Gasteiger partial charge in [0.05, 0.1) is 16.2 Å². The molecule has 0 spiro atoms. The van der Waals surface area contributed by atoms with Crippen molar-refractivity contribution in [2.75, 3.05) is 25.5 Å². The number of fused-ring (bicyclic) bond motifs is 2. The first-order chi connectivity index (χ1) is 16.4. The molecule has 3 aromatic rings. The Bertz CT molecular complexity index is 1420. The highest BCUT2D eigenvalue weighted by molar-refractivity contribution is 6.31. The van der Waals surface area contributed by atoms with Crippen molar-refractivity contribution in [1.29, 1.82) is 0 Å². The van der Waals surface area contributed by atoms with Gasteiger partial charge in [-0.2, -0.15) is 0 Å². The van der Waals surface area contributed by atoms with Crippen LogP contribution in [-0.4, -0.2) is 40.8 Å². The number of carbonyl (C=O) groups is 1. The first kappa shape index (κ1) is 22.3. The summed E-state index contributed by atoms with van der Waals surface area (Å²) in [5.74, 6) is 13.3. The third kappa shape index (κ3) is 4.35. The minimum absolute atomic E-state index is 0.0152. The summed E-state index contributed by atoms with van der Waals surface area (Å²) in [6.45, 7) is 3.81. The number of rotatable bonds is 4. The molecule has 0 bridgehead atoms. The van der Waals surface area contributed by atoms with E-state index in [4.69, 9.17) is 11.6 Å². The largest absolute Gasteiger partial charge is 0.337 e. The lowest BCUT2D eigenvalue weighted by molar-refractivity contribution is -0.113. The lowest BCUT2D eigenvalue weighted by Crippen LogP contribution is -2.18. The van der Waals surface area contributed by atoms with E-state index in [0.29, 0.717) is 34.5 Å². The van der Waals surface area contributed by atoms with E-state index in [2.05, 4.69) is 50.9 Å². The molecule has 34 heavy (non-hydrogen) atoms. The quantitative estimate of drug-likeness (QED) is 0.449. The molecular formula is C27H22ClFN4O. The number of nitrogens with zero attached hydrogens (tertiary/aromatic N) is 3. The number of aromatic nitrogens is 2. The fraction of sp³-hybridized carbons (Fsp3) is 0.296. The van der Waals surface area contributed by atoms with Crippen molar-refractivity contribution in [3.05, 3.63) is 58.6 Å². The molecule has 1 N–H and O–H groups in total. The number of ketones is 1. The molecule has 2 fully saturated rings. The van der Waals surface area contributed by atoms with Gasteiger partial charge in [0, 0.05) is 36.4 Å². The molecule has 7 heteroatoms. The third-order valence-electron chi connectivity index (χ3n) is 6.43. The molecule has 3 atom stereocenters. The van der Waals surface area contributed by atoms with E-state index in [1.807, 2.05) is 12.1 Å². The Morgan fingerprint density at radius 1 is 1.26 bits per heavy atom. The van der Waals surface area contributed by atoms with Gasteiger partial charge in [0.1, 0.15) is 12.1 Å². The van der Waals surface area contributed by atoms with Gasteiger partial charge in [-0.15, -0.1) is 0 Å². The number of halogens is 2. The van der Waals surface area contributed by atoms with E-state index in [1.54, 1.807) is 19.1 Å². The zero-order valence-electron chi connectivity index (χ0n) is 18.8. The predicted octanol–water partition coefficient (Wildman–Crippen LogP) is 4.46. The standard InChI is InChI=1S/C27H22ClFN4O/c1-3-5-18(34)10-17-11-20-25(12-16(17)8-9-19-21-13-33(2)14-22(19)21)30-15-31-27(20)32-24-7-4-6-23(28)26(24)29/h4,6-7,11-12,15,19,21-22H,10,13-14H2,1-2H3,(H,30,31,32)/t19?,21-,22+. The Morgan fingerprint density at radius 3 is 2.82 bits per heavy atom. The van der Waals surface area contributed by atoms with Gasteiger partial charge in [-0.1, -0.05) is 35.4 Å². The number of hydrogen-bond donors (Lipinski definition) is 1. The van der Waals surface area contributed by atoms with Gasteiger partial charge in [0.2, 0.25) is 5.78 Å². The van der Waals surface area contributed by atoms with Crippen LogP contribution in [0.5, 0.6) is 0 Å². The molecule has 5 nitrogen and oxygen atoms in total. The molecule has 1 saturated heterocycles. The minimum Gasteiger partial charge on any atom is -0.337 e. The summed E-state index contributed by atoms with van der Waals surface area (Å²) >= 11 is 5.92. The second-order valence-corrected chi connectivity index (χ2v) is 9.20. The summed E-state index contributed by atoms with van der Waals surface area (Å²) in [6, 6.07) is 8.44. The number of carbonyl (C=O) groups excluding carboxylic acids is 1. The maximum Gasteiger partial charge on any atom is 0.209 e. The van der Waals surface area contributed by atoms with Crippen LogP contribution >= 0.6 is 11.6 Å². The summed E-state index contributed by atoms with van der Waals surface area (Å²) in [6.07, 6.45) is 1.54. The number of nitrogens with one attached hydrogen (secondary N) is 1. The van der Waals surface area contributed by atoms with Crippen LogP contribution in [0, 0.1) is 47.3 Å². The first-order valence-corrected chi connectivity index (χ1v) is 11.5. The summed E-state index contributed by atoms with van der Waals surface area (Å²) in [5, 5.41) is 3.68. The van der Waals surface area contributed by atoms with Gasteiger partial charge in [-0.05, 0) is 61.6 Å². The molecule has 170 valence electrons. The number of piperidine rings is 1. The molecular weight excluding hydrogens is 451 g/mol. The van der Waals surface area contributed by atoms with Gasteiger partial charge >= 0.3 is 0 Å². The van der Waals surface area contributed by atoms with E-state index in [0.717, 1.165) is 24.2 Å². The van der Waals surface area contributed by atoms with Crippen molar-refractivity contribution in [3.63, 3.8) is 0 Å². The fourth-order valence-corrected chi connectivity index (χ4v) is 4.88. The summed E-state index contributed by atoms with van der Waals surface area (Å²) in [7, 11) is 2.14. The lowest BCUT2D eigenvalue weighted by atomic mass is 9.99. The van der Waals surface area contributed by atoms with E-state index >= 15 is 0 Å². The smallest absolute Gasteiger partial charge is 0.209 e. The molecule has 2 aromatic carbocycles. The van der Waals surface area contributed by atoms with Crippen LogP contribution in [0.4, 0.5) is 15.9 Å². The van der Waals surface area contributed by atoms with Gasteiger partial charge in [-0.25, -0.2) is 14.4 Å². The van der Waals surface area contributed by atoms with Gasteiger partial charge in [-0.3, -0.25) is 4.79 Å². The first-order valence-electron chi connectivity index (χ1n) is 11.1. The Kier molecular flexibility index (Phi) is 5.96. The molecule has 1 aliphatic heterocycles. The average molecular weight is 473 g/mol. The Labute approximate surface area is 202 Å². The number of likely N-dealkylation sites (tertiary alicyclic amines) is 1. The summed E-state index contributed by atoms with van der Waals surface area (Å²) in [5.41, 5.74) is 2.37. The molecule has 5 rings (SSSR count). The fourth-order valence-electron chi connectivity index (χ4n) is 4.71.